The van der Waals surface area contributed by atoms with Gasteiger partial charge in [-0.05, 0) is 45.8 Å². The lowest BCUT2D eigenvalue weighted by molar-refractivity contribution is 0.0949. The van der Waals surface area contributed by atoms with Gasteiger partial charge >= 0.3 is 0 Å². The quantitative estimate of drug-likeness (QED) is 0.634. The Labute approximate surface area is 145 Å². The van der Waals surface area contributed by atoms with Gasteiger partial charge in [-0.2, -0.15) is 0 Å². The zero-order chi connectivity index (χ0) is 16.4. The van der Waals surface area contributed by atoms with Gasteiger partial charge in [-0.1, -0.05) is 18.2 Å². The largest absolute Gasteiger partial charge is 0.347 e. The molecule has 0 unspecified atom stereocenters. The fourth-order valence-electron chi connectivity index (χ4n) is 2.44. The third-order valence-electron chi connectivity index (χ3n) is 3.43. The number of nitrogens with one attached hydrogen (secondary N) is 1. The molecule has 3 nitrogen and oxygen atoms in total. The summed E-state index contributed by atoms with van der Waals surface area (Å²) in [6.45, 7) is 4.44. The first-order valence-corrected chi connectivity index (χ1v) is 8.61. The van der Waals surface area contributed by atoms with E-state index in [1.54, 1.807) is 23.5 Å². The van der Waals surface area contributed by atoms with E-state index in [4.69, 9.17) is 0 Å². The zero-order valence-electron chi connectivity index (χ0n) is 12.2. The predicted octanol–water partition coefficient (Wildman–Crippen LogP) is 4.57. The van der Waals surface area contributed by atoms with Crippen LogP contribution in [0.2, 0.25) is 0 Å². The number of carbonyl (C=O) groups is 1. The highest BCUT2D eigenvalue weighted by molar-refractivity contribution is 9.11. The first kappa shape index (κ1) is 16.0. The maximum Gasteiger partial charge on any atom is 0.268 e. The molecule has 0 aliphatic heterocycles. The van der Waals surface area contributed by atoms with Gasteiger partial charge in [-0.3, -0.25) is 4.79 Å². The average molecular weight is 393 g/mol. The van der Waals surface area contributed by atoms with Crippen LogP contribution in [-0.2, 0) is 6.54 Å². The number of thiophene rings is 1. The number of carbonyl (C=O) groups excluding carboxylic acids is 1. The summed E-state index contributed by atoms with van der Waals surface area (Å²) in [5.41, 5.74) is 2.32. The van der Waals surface area contributed by atoms with Crippen molar-refractivity contribution in [1.29, 1.82) is 0 Å². The van der Waals surface area contributed by atoms with E-state index in [1.807, 2.05) is 22.8 Å². The molecule has 0 aliphatic carbocycles. The highest BCUT2D eigenvalue weighted by atomic mass is 79.9. The molecule has 0 atom stereocenters. The summed E-state index contributed by atoms with van der Waals surface area (Å²) < 4.78 is 17.3. The van der Waals surface area contributed by atoms with E-state index < -0.39 is 0 Å². The number of halogens is 2. The summed E-state index contributed by atoms with van der Waals surface area (Å²) in [7, 11) is 0. The van der Waals surface area contributed by atoms with Gasteiger partial charge in [0.15, 0.2) is 0 Å². The maximum atomic E-state index is 13.4. The van der Waals surface area contributed by atoms with Crippen LogP contribution in [0.25, 0.3) is 10.2 Å². The molecular weight excluding hydrogens is 379 g/mol. The molecule has 0 saturated carbocycles. The van der Waals surface area contributed by atoms with Crippen molar-refractivity contribution in [3.05, 3.63) is 69.9 Å². The number of aromatic nitrogens is 1. The van der Waals surface area contributed by atoms with Gasteiger partial charge in [-0.25, -0.2) is 4.39 Å². The Balaban J connectivity index is 2.04. The molecule has 118 valence electrons. The van der Waals surface area contributed by atoms with Gasteiger partial charge < -0.3 is 9.88 Å². The summed E-state index contributed by atoms with van der Waals surface area (Å²) in [4.78, 5) is 12.4. The number of fused-ring (bicyclic) bond motifs is 1. The van der Waals surface area contributed by atoms with Gasteiger partial charge in [0.2, 0.25) is 0 Å². The third-order valence-corrected chi connectivity index (χ3v) is 5.00. The highest BCUT2D eigenvalue weighted by Crippen LogP contribution is 2.33. The van der Waals surface area contributed by atoms with Crippen LogP contribution in [0.5, 0.6) is 0 Å². The lowest BCUT2D eigenvalue weighted by atomic mass is 10.2. The molecule has 3 rings (SSSR count). The molecular formula is C17H14BrFN2OS. The van der Waals surface area contributed by atoms with Crippen molar-refractivity contribution in [3.63, 3.8) is 0 Å². The van der Waals surface area contributed by atoms with E-state index in [-0.39, 0.29) is 11.7 Å². The topological polar surface area (TPSA) is 34.0 Å². The Kier molecular flexibility index (Phi) is 4.63. The molecule has 0 aliphatic rings. The summed E-state index contributed by atoms with van der Waals surface area (Å²) in [6, 6.07) is 10.3. The Hall–Kier alpha value is -1.92. The maximum absolute atomic E-state index is 13.4. The molecule has 3 aromatic rings. The van der Waals surface area contributed by atoms with E-state index in [0.717, 1.165) is 19.6 Å². The van der Waals surface area contributed by atoms with Gasteiger partial charge in [0.05, 0.1) is 14.0 Å². The molecule has 0 radical (unpaired) electrons. The number of hydrogen-bond acceptors (Lipinski definition) is 2. The van der Waals surface area contributed by atoms with E-state index >= 15 is 0 Å². The lowest BCUT2D eigenvalue weighted by Gasteiger charge is -2.10. The van der Waals surface area contributed by atoms with Crippen molar-refractivity contribution in [2.75, 3.05) is 6.54 Å². The minimum Gasteiger partial charge on any atom is -0.347 e. The zero-order valence-corrected chi connectivity index (χ0v) is 14.6. The SMILES string of the molecule is C=CCNC(=O)c1cc2sc(Br)cc2n1Cc1cccc(F)c1. The van der Waals surface area contributed by atoms with Crippen molar-refractivity contribution in [2.45, 2.75) is 6.54 Å². The number of rotatable bonds is 5. The number of amides is 1. The van der Waals surface area contributed by atoms with Crippen molar-refractivity contribution in [2.24, 2.45) is 0 Å². The standard InChI is InChI=1S/C17H14BrFN2OS/c1-2-6-20-17(22)14-8-15-13(9-16(18)23-15)21(14)10-11-4-3-5-12(19)7-11/h2-5,7-9H,1,6,10H2,(H,20,22). The van der Waals surface area contributed by atoms with Gasteiger partial charge in [-0.15, -0.1) is 17.9 Å². The van der Waals surface area contributed by atoms with E-state index in [1.165, 1.54) is 12.1 Å². The number of nitrogens with zero attached hydrogens (tertiary/aromatic N) is 1. The third kappa shape index (κ3) is 3.38. The van der Waals surface area contributed by atoms with Crippen LogP contribution in [-0.4, -0.2) is 17.0 Å². The summed E-state index contributed by atoms with van der Waals surface area (Å²) in [6.07, 6.45) is 1.64. The molecule has 1 aromatic carbocycles. The molecule has 6 heteroatoms. The Bertz CT molecular complexity index is 884. The Morgan fingerprint density at radius 1 is 1.39 bits per heavy atom. The van der Waals surface area contributed by atoms with E-state index in [0.29, 0.717) is 18.8 Å². The second-order valence-corrected chi connectivity index (χ2v) is 7.51. The molecule has 0 spiro atoms. The summed E-state index contributed by atoms with van der Waals surface area (Å²) in [5.74, 6) is -0.448. The first-order valence-electron chi connectivity index (χ1n) is 7.00. The molecule has 2 heterocycles. The Morgan fingerprint density at radius 2 is 2.22 bits per heavy atom. The molecule has 1 N–H and O–H groups in total. The lowest BCUT2D eigenvalue weighted by Crippen LogP contribution is -2.26. The number of benzene rings is 1. The van der Waals surface area contributed by atoms with Crippen LogP contribution >= 0.6 is 27.3 Å². The summed E-state index contributed by atoms with van der Waals surface area (Å²) in [5, 5.41) is 2.79. The second kappa shape index (κ2) is 6.68. The Morgan fingerprint density at radius 3 is 2.96 bits per heavy atom. The molecule has 23 heavy (non-hydrogen) atoms. The minimum atomic E-state index is -0.282. The van der Waals surface area contributed by atoms with Crippen molar-refractivity contribution < 1.29 is 9.18 Å². The molecule has 0 bridgehead atoms. The van der Waals surface area contributed by atoms with Gasteiger partial charge in [0.25, 0.3) is 5.91 Å². The second-order valence-electron chi connectivity index (χ2n) is 5.04. The molecule has 0 fully saturated rings. The number of hydrogen-bond donors (Lipinski definition) is 1. The smallest absolute Gasteiger partial charge is 0.268 e. The summed E-state index contributed by atoms with van der Waals surface area (Å²) >= 11 is 5.03. The first-order chi connectivity index (χ1) is 11.1. The van der Waals surface area contributed by atoms with Crippen LogP contribution in [0.15, 0.2) is 52.8 Å². The van der Waals surface area contributed by atoms with Crippen molar-refractivity contribution in [1.82, 2.24) is 9.88 Å². The van der Waals surface area contributed by atoms with Crippen molar-refractivity contribution >= 4 is 43.4 Å². The van der Waals surface area contributed by atoms with Crippen molar-refractivity contribution in [3.8, 4) is 0 Å². The predicted molar refractivity (Wildman–Crippen MR) is 95.5 cm³/mol. The average Bonchev–Trinajstić information content (AvgIpc) is 3.02. The molecule has 0 saturated heterocycles. The van der Waals surface area contributed by atoms with Crippen LogP contribution in [0.4, 0.5) is 4.39 Å². The molecule has 1 amide bonds. The van der Waals surface area contributed by atoms with Crippen LogP contribution in [0, 0.1) is 5.82 Å². The normalized spacial score (nSPS) is 10.9. The van der Waals surface area contributed by atoms with E-state index in [9.17, 15) is 9.18 Å². The highest BCUT2D eigenvalue weighted by Gasteiger charge is 2.17. The van der Waals surface area contributed by atoms with Gasteiger partial charge in [0, 0.05) is 13.1 Å². The van der Waals surface area contributed by atoms with Gasteiger partial charge in [0.1, 0.15) is 11.5 Å². The van der Waals surface area contributed by atoms with Crippen LogP contribution in [0.3, 0.4) is 0 Å². The fraction of sp³-hybridized carbons (Fsp3) is 0.118. The fourth-order valence-corrected chi connectivity index (χ4v) is 4.01. The minimum absolute atomic E-state index is 0.166. The molecule has 2 aromatic heterocycles. The van der Waals surface area contributed by atoms with Crippen LogP contribution < -0.4 is 5.32 Å². The van der Waals surface area contributed by atoms with E-state index in [2.05, 4.69) is 27.8 Å². The van der Waals surface area contributed by atoms with Crippen LogP contribution in [0.1, 0.15) is 16.1 Å². The monoisotopic (exact) mass is 392 g/mol.